The normalized spacial score (nSPS) is 12.0. The molecule has 0 aliphatic carbocycles. The molecule has 0 radical (unpaired) electrons. The van der Waals surface area contributed by atoms with E-state index in [2.05, 4.69) is 6.92 Å². The van der Waals surface area contributed by atoms with Crippen molar-refractivity contribution in [2.24, 2.45) is 0 Å². The predicted molar refractivity (Wildman–Crippen MR) is 133 cm³/mol. The highest BCUT2D eigenvalue weighted by molar-refractivity contribution is 5.94. The molecular weight excluding hydrogens is 410 g/mol. The number of hydrogen-bond donors (Lipinski definition) is 0. The standard InChI is InChI=1S/C28H29N3O2/c1-4-20-16-18-21(19-17-20)27(32)30(6-3)25(5-2)26-29-24-15-11-10-14-23(24)28(33)31(26)22-12-8-7-9-13-22/h7-19,25H,4-6H2,1-3H3. The zero-order valence-electron chi connectivity index (χ0n) is 19.4. The van der Waals surface area contributed by atoms with Crippen molar-refractivity contribution in [1.29, 1.82) is 0 Å². The molecule has 4 rings (SSSR count). The average Bonchev–Trinajstić information content (AvgIpc) is 2.87. The van der Waals surface area contributed by atoms with Gasteiger partial charge >= 0.3 is 0 Å². The highest BCUT2D eigenvalue weighted by Gasteiger charge is 2.28. The summed E-state index contributed by atoms with van der Waals surface area (Å²) in [4.78, 5) is 33.9. The van der Waals surface area contributed by atoms with Crippen molar-refractivity contribution in [1.82, 2.24) is 14.5 Å². The fraction of sp³-hybridized carbons (Fsp3) is 0.250. The number of rotatable bonds is 7. The SMILES string of the molecule is CCc1ccc(C(=O)N(CC)C(CC)c2nc3ccccc3c(=O)n2-c2ccccc2)cc1. The summed E-state index contributed by atoms with van der Waals surface area (Å²) in [5, 5.41) is 0.560. The monoisotopic (exact) mass is 439 g/mol. The Morgan fingerprint density at radius 1 is 0.909 bits per heavy atom. The molecule has 33 heavy (non-hydrogen) atoms. The maximum atomic E-state index is 13.6. The lowest BCUT2D eigenvalue weighted by Gasteiger charge is -2.31. The van der Waals surface area contributed by atoms with E-state index in [9.17, 15) is 9.59 Å². The molecule has 0 saturated heterocycles. The molecule has 0 aliphatic rings. The Hall–Kier alpha value is -3.73. The molecule has 1 unspecified atom stereocenters. The van der Waals surface area contributed by atoms with Crippen LogP contribution in [0.4, 0.5) is 0 Å². The molecule has 0 aliphatic heterocycles. The second-order valence-electron chi connectivity index (χ2n) is 8.03. The zero-order valence-corrected chi connectivity index (χ0v) is 19.4. The number of nitrogens with zero attached hydrogens (tertiary/aromatic N) is 3. The summed E-state index contributed by atoms with van der Waals surface area (Å²) in [7, 11) is 0. The third-order valence-corrected chi connectivity index (χ3v) is 6.09. The van der Waals surface area contributed by atoms with Crippen LogP contribution in [0.25, 0.3) is 16.6 Å². The van der Waals surface area contributed by atoms with E-state index in [0.717, 1.165) is 12.1 Å². The van der Waals surface area contributed by atoms with E-state index in [1.165, 1.54) is 5.56 Å². The summed E-state index contributed by atoms with van der Waals surface area (Å²) in [5.41, 5.74) is 3.08. The number of amides is 1. The van der Waals surface area contributed by atoms with E-state index in [0.29, 0.717) is 35.3 Å². The van der Waals surface area contributed by atoms with Gasteiger partial charge in [0.2, 0.25) is 0 Å². The number of benzene rings is 3. The van der Waals surface area contributed by atoms with Crippen LogP contribution < -0.4 is 5.56 Å². The first-order valence-corrected chi connectivity index (χ1v) is 11.6. The predicted octanol–water partition coefficient (Wildman–Crippen LogP) is 5.56. The molecule has 4 aromatic rings. The molecular formula is C28H29N3O2. The molecule has 1 heterocycles. The maximum absolute atomic E-state index is 13.6. The van der Waals surface area contributed by atoms with Gasteiger partial charge in [-0.05, 0) is 61.7 Å². The first kappa shape index (κ1) is 22.5. The molecule has 0 saturated carbocycles. The Bertz CT molecular complexity index is 1310. The average molecular weight is 440 g/mol. The fourth-order valence-electron chi connectivity index (χ4n) is 4.30. The second-order valence-corrected chi connectivity index (χ2v) is 8.03. The van der Waals surface area contributed by atoms with Crippen molar-refractivity contribution >= 4 is 16.8 Å². The molecule has 0 spiro atoms. The van der Waals surface area contributed by atoms with Crippen molar-refractivity contribution in [3.05, 3.63) is 106 Å². The Kier molecular flexibility index (Phi) is 6.68. The van der Waals surface area contributed by atoms with Gasteiger partial charge in [-0.2, -0.15) is 0 Å². The van der Waals surface area contributed by atoms with Crippen LogP contribution in [0.2, 0.25) is 0 Å². The Morgan fingerprint density at radius 2 is 1.58 bits per heavy atom. The minimum Gasteiger partial charge on any atom is -0.329 e. The van der Waals surface area contributed by atoms with Gasteiger partial charge in [-0.1, -0.05) is 56.3 Å². The first-order chi connectivity index (χ1) is 16.1. The number of aromatic nitrogens is 2. The van der Waals surface area contributed by atoms with Crippen LogP contribution in [0, 0.1) is 0 Å². The van der Waals surface area contributed by atoms with Crippen LogP contribution in [0.1, 0.15) is 55.0 Å². The topological polar surface area (TPSA) is 55.2 Å². The maximum Gasteiger partial charge on any atom is 0.266 e. The lowest BCUT2D eigenvalue weighted by atomic mass is 10.1. The van der Waals surface area contributed by atoms with Gasteiger partial charge in [-0.3, -0.25) is 14.2 Å². The summed E-state index contributed by atoms with van der Waals surface area (Å²) in [6, 6.07) is 24.3. The molecule has 1 amide bonds. The number of para-hydroxylation sites is 2. The highest BCUT2D eigenvalue weighted by atomic mass is 16.2. The summed E-state index contributed by atoms with van der Waals surface area (Å²) in [5.74, 6) is 0.516. The number of carbonyl (C=O) groups is 1. The number of aryl methyl sites for hydroxylation is 1. The minimum atomic E-state index is -0.356. The van der Waals surface area contributed by atoms with Gasteiger partial charge in [-0.25, -0.2) is 4.98 Å². The van der Waals surface area contributed by atoms with Gasteiger partial charge in [0.15, 0.2) is 0 Å². The largest absolute Gasteiger partial charge is 0.329 e. The van der Waals surface area contributed by atoms with Crippen molar-refractivity contribution in [2.45, 2.75) is 39.7 Å². The van der Waals surface area contributed by atoms with Gasteiger partial charge in [0.1, 0.15) is 5.82 Å². The molecule has 0 N–H and O–H groups in total. The summed E-state index contributed by atoms with van der Waals surface area (Å²) >= 11 is 0. The molecule has 5 heteroatoms. The Morgan fingerprint density at radius 3 is 2.21 bits per heavy atom. The molecule has 168 valence electrons. The Labute approximate surface area is 194 Å². The lowest BCUT2D eigenvalue weighted by molar-refractivity contribution is 0.0672. The Balaban J connectivity index is 1.88. The number of hydrogen-bond acceptors (Lipinski definition) is 3. The van der Waals surface area contributed by atoms with Crippen LogP contribution in [-0.2, 0) is 6.42 Å². The van der Waals surface area contributed by atoms with Crippen molar-refractivity contribution in [3.8, 4) is 5.69 Å². The van der Waals surface area contributed by atoms with Crippen molar-refractivity contribution in [3.63, 3.8) is 0 Å². The molecule has 0 bridgehead atoms. The van der Waals surface area contributed by atoms with Crippen LogP contribution in [-0.4, -0.2) is 26.9 Å². The molecule has 1 atom stereocenters. The van der Waals surface area contributed by atoms with Gasteiger partial charge in [0.05, 0.1) is 22.6 Å². The fourth-order valence-corrected chi connectivity index (χ4v) is 4.30. The van der Waals surface area contributed by atoms with Gasteiger partial charge in [0.25, 0.3) is 11.5 Å². The molecule has 5 nitrogen and oxygen atoms in total. The smallest absolute Gasteiger partial charge is 0.266 e. The van der Waals surface area contributed by atoms with Crippen LogP contribution in [0.3, 0.4) is 0 Å². The highest BCUT2D eigenvalue weighted by Crippen LogP contribution is 2.27. The zero-order chi connectivity index (χ0) is 23.4. The van der Waals surface area contributed by atoms with E-state index in [4.69, 9.17) is 4.98 Å². The molecule has 3 aromatic carbocycles. The van der Waals surface area contributed by atoms with Gasteiger partial charge in [0, 0.05) is 12.1 Å². The van der Waals surface area contributed by atoms with Crippen molar-refractivity contribution < 1.29 is 4.79 Å². The van der Waals surface area contributed by atoms with E-state index >= 15 is 0 Å². The third kappa shape index (κ3) is 4.31. The minimum absolute atomic E-state index is 0.0611. The summed E-state index contributed by atoms with van der Waals surface area (Å²) in [6.45, 7) is 6.59. The van der Waals surface area contributed by atoms with E-state index in [1.807, 2.05) is 91.5 Å². The van der Waals surface area contributed by atoms with Crippen LogP contribution in [0.15, 0.2) is 83.7 Å². The molecule has 1 aromatic heterocycles. The van der Waals surface area contributed by atoms with Gasteiger partial charge in [-0.15, -0.1) is 0 Å². The number of carbonyl (C=O) groups excluding carboxylic acids is 1. The molecule has 0 fully saturated rings. The quantitative estimate of drug-likeness (QED) is 0.379. The third-order valence-electron chi connectivity index (χ3n) is 6.09. The summed E-state index contributed by atoms with van der Waals surface area (Å²) < 4.78 is 1.66. The van der Waals surface area contributed by atoms with Crippen LogP contribution >= 0.6 is 0 Å². The number of fused-ring (bicyclic) bond motifs is 1. The second kappa shape index (κ2) is 9.82. The van der Waals surface area contributed by atoms with Crippen LogP contribution in [0.5, 0.6) is 0 Å². The van der Waals surface area contributed by atoms with E-state index in [1.54, 1.807) is 10.6 Å². The van der Waals surface area contributed by atoms with Crippen molar-refractivity contribution in [2.75, 3.05) is 6.54 Å². The lowest BCUT2D eigenvalue weighted by Crippen LogP contribution is -2.38. The summed E-state index contributed by atoms with van der Waals surface area (Å²) in [6.07, 6.45) is 1.55. The van der Waals surface area contributed by atoms with E-state index < -0.39 is 0 Å². The van der Waals surface area contributed by atoms with Gasteiger partial charge < -0.3 is 4.90 Å². The first-order valence-electron chi connectivity index (χ1n) is 11.6. The van der Waals surface area contributed by atoms with E-state index in [-0.39, 0.29) is 17.5 Å².